The SMILES string of the molecule is CC(C)(CN1C(=O)c2ccccc2C1=O)C(N)C(=O)OCc1ccccc1.Cl. The molecule has 0 fully saturated rings. The van der Waals surface area contributed by atoms with Crippen LogP contribution in [0, 0.1) is 5.41 Å². The van der Waals surface area contributed by atoms with Crippen molar-refractivity contribution in [3.8, 4) is 0 Å². The molecule has 1 aliphatic rings. The Morgan fingerprint density at radius 1 is 1.00 bits per heavy atom. The third kappa shape index (κ3) is 4.24. The maximum Gasteiger partial charge on any atom is 0.323 e. The number of ether oxygens (including phenoxy) is 1. The molecule has 2 N–H and O–H groups in total. The van der Waals surface area contributed by atoms with Crippen LogP contribution in [-0.4, -0.2) is 35.3 Å². The first kappa shape index (κ1) is 21.6. The van der Waals surface area contributed by atoms with Gasteiger partial charge in [0.1, 0.15) is 12.6 Å². The van der Waals surface area contributed by atoms with Crippen LogP contribution in [0.3, 0.4) is 0 Å². The Balaban J connectivity index is 0.00000280. The van der Waals surface area contributed by atoms with Crippen LogP contribution in [0.15, 0.2) is 54.6 Å². The monoisotopic (exact) mass is 402 g/mol. The second-order valence-electron chi connectivity index (χ2n) is 7.30. The van der Waals surface area contributed by atoms with Crippen molar-refractivity contribution in [1.29, 1.82) is 0 Å². The fraction of sp³-hybridized carbons (Fsp3) is 0.286. The first-order chi connectivity index (χ1) is 12.8. The van der Waals surface area contributed by atoms with Crippen molar-refractivity contribution in [2.24, 2.45) is 11.1 Å². The first-order valence-corrected chi connectivity index (χ1v) is 8.72. The number of benzene rings is 2. The van der Waals surface area contributed by atoms with E-state index >= 15 is 0 Å². The molecular weight excluding hydrogens is 380 g/mol. The number of carbonyl (C=O) groups excluding carboxylic acids is 3. The van der Waals surface area contributed by atoms with Crippen LogP contribution in [0.2, 0.25) is 0 Å². The fourth-order valence-electron chi connectivity index (χ4n) is 3.03. The largest absolute Gasteiger partial charge is 0.460 e. The van der Waals surface area contributed by atoms with E-state index < -0.39 is 17.4 Å². The van der Waals surface area contributed by atoms with Gasteiger partial charge in [-0.05, 0) is 17.7 Å². The van der Waals surface area contributed by atoms with Gasteiger partial charge in [0.15, 0.2) is 0 Å². The van der Waals surface area contributed by atoms with E-state index in [2.05, 4.69) is 0 Å². The second kappa shape index (κ2) is 8.54. The molecule has 3 rings (SSSR count). The van der Waals surface area contributed by atoms with Crippen LogP contribution in [-0.2, 0) is 16.1 Å². The van der Waals surface area contributed by atoms with Gasteiger partial charge in [0.2, 0.25) is 0 Å². The minimum absolute atomic E-state index is 0. The molecule has 1 heterocycles. The fourth-order valence-corrected chi connectivity index (χ4v) is 3.03. The Hall–Kier alpha value is -2.70. The van der Waals surface area contributed by atoms with E-state index in [4.69, 9.17) is 10.5 Å². The van der Waals surface area contributed by atoms with Crippen LogP contribution in [0.1, 0.15) is 40.1 Å². The van der Waals surface area contributed by atoms with Crippen LogP contribution < -0.4 is 5.73 Å². The van der Waals surface area contributed by atoms with Crippen LogP contribution in [0.4, 0.5) is 0 Å². The number of esters is 1. The lowest BCUT2D eigenvalue weighted by Gasteiger charge is -2.33. The summed E-state index contributed by atoms with van der Waals surface area (Å²) in [5.74, 6) is -1.30. The van der Waals surface area contributed by atoms with E-state index in [1.54, 1.807) is 38.1 Å². The summed E-state index contributed by atoms with van der Waals surface area (Å²) in [6.45, 7) is 3.63. The number of halogens is 1. The molecule has 6 nitrogen and oxygen atoms in total. The molecule has 2 amide bonds. The third-order valence-corrected chi connectivity index (χ3v) is 4.76. The van der Waals surface area contributed by atoms with Gasteiger partial charge in [0.05, 0.1) is 11.1 Å². The van der Waals surface area contributed by atoms with Gasteiger partial charge in [0, 0.05) is 12.0 Å². The number of rotatable bonds is 6. The second-order valence-corrected chi connectivity index (χ2v) is 7.30. The van der Waals surface area contributed by atoms with E-state index in [9.17, 15) is 14.4 Å². The normalized spacial score (nSPS) is 14.3. The molecule has 0 aromatic heterocycles. The van der Waals surface area contributed by atoms with E-state index in [0.717, 1.165) is 10.5 Å². The third-order valence-electron chi connectivity index (χ3n) is 4.76. The molecule has 0 radical (unpaired) electrons. The first-order valence-electron chi connectivity index (χ1n) is 8.72. The smallest absolute Gasteiger partial charge is 0.323 e. The van der Waals surface area contributed by atoms with Gasteiger partial charge in [-0.25, -0.2) is 0 Å². The van der Waals surface area contributed by atoms with Crippen molar-refractivity contribution in [3.63, 3.8) is 0 Å². The van der Waals surface area contributed by atoms with Gasteiger partial charge >= 0.3 is 5.97 Å². The van der Waals surface area contributed by atoms with Crippen molar-refractivity contribution >= 4 is 30.2 Å². The highest BCUT2D eigenvalue weighted by atomic mass is 35.5. The maximum absolute atomic E-state index is 12.5. The van der Waals surface area contributed by atoms with Gasteiger partial charge < -0.3 is 10.5 Å². The molecule has 148 valence electrons. The lowest BCUT2D eigenvalue weighted by Crippen LogP contribution is -2.51. The minimum atomic E-state index is -0.981. The summed E-state index contributed by atoms with van der Waals surface area (Å²) >= 11 is 0. The number of carbonyl (C=O) groups is 3. The zero-order valence-corrected chi connectivity index (χ0v) is 16.6. The van der Waals surface area contributed by atoms with E-state index in [1.165, 1.54) is 0 Å². The molecule has 28 heavy (non-hydrogen) atoms. The molecule has 7 heteroatoms. The van der Waals surface area contributed by atoms with Gasteiger partial charge in [-0.3, -0.25) is 19.3 Å². The topological polar surface area (TPSA) is 89.7 Å². The summed E-state index contributed by atoms with van der Waals surface area (Å²) < 4.78 is 5.30. The Morgan fingerprint density at radius 2 is 1.50 bits per heavy atom. The molecule has 1 unspecified atom stereocenters. The zero-order valence-electron chi connectivity index (χ0n) is 15.8. The van der Waals surface area contributed by atoms with Gasteiger partial charge in [-0.15, -0.1) is 12.4 Å². The number of fused-ring (bicyclic) bond motifs is 1. The maximum atomic E-state index is 12.5. The van der Waals surface area contributed by atoms with Crippen LogP contribution >= 0.6 is 12.4 Å². The van der Waals surface area contributed by atoms with Crippen molar-refractivity contribution in [2.75, 3.05) is 6.54 Å². The highest BCUT2D eigenvalue weighted by Gasteiger charge is 2.42. The Bertz CT molecular complexity index is 848. The summed E-state index contributed by atoms with van der Waals surface area (Å²) in [7, 11) is 0. The lowest BCUT2D eigenvalue weighted by atomic mass is 9.84. The van der Waals surface area contributed by atoms with Crippen LogP contribution in [0.5, 0.6) is 0 Å². The number of hydrogen-bond acceptors (Lipinski definition) is 5. The van der Waals surface area contributed by atoms with Crippen molar-refractivity contribution in [2.45, 2.75) is 26.5 Å². The molecule has 2 aromatic rings. The standard InChI is InChI=1S/C21H22N2O4.ClH/c1-21(2,17(22)20(26)27-12-14-8-4-3-5-9-14)13-23-18(24)15-10-6-7-11-16(15)19(23)25;/h3-11,17H,12-13,22H2,1-2H3;1H. The average Bonchev–Trinajstić information content (AvgIpc) is 2.91. The van der Waals surface area contributed by atoms with Crippen molar-refractivity contribution < 1.29 is 19.1 Å². The van der Waals surface area contributed by atoms with Gasteiger partial charge in [0.25, 0.3) is 11.8 Å². The zero-order chi connectivity index (χ0) is 19.6. The molecule has 0 saturated heterocycles. The number of nitrogens with two attached hydrogens (primary N) is 1. The Kier molecular flexibility index (Phi) is 6.59. The molecule has 0 aliphatic carbocycles. The predicted molar refractivity (Wildman–Crippen MR) is 107 cm³/mol. The highest BCUT2D eigenvalue weighted by Crippen LogP contribution is 2.29. The van der Waals surface area contributed by atoms with E-state index in [1.807, 2.05) is 30.3 Å². The lowest BCUT2D eigenvalue weighted by molar-refractivity contribution is -0.149. The van der Waals surface area contributed by atoms with Gasteiger partial charge in [-0.2, -0.15) is 0 Å². The average molecular weight is 403 g/mol. The molecule has 2 aromatic carbocycles. The van der Waals surface area contributed by atoms with E-state index in [0.29, 0.717) is 11.1 Å². The quantitative estimate of drug-likeness (QED) is 0.592. The van der Waals surface area contributed by atoms with Crippen LogP contribution in [0.25, 0.3) is 0 Å². The highest BCUT2D eigenvalue weighted by molar-refractivity contribution is 6.21. The number of amides is 2. The summed E-state index contributed by atoms with van der Waals surface area (Å²) in [5, 5.41) is 0. The number of hydrogen-bond donors (Lipinski definition) is 1. The summed E-state index contributed by atoms with van der Waals surface area (Å²) in [5.41, 5.74) is 6.87. The molecule has 0 saturated carbocycles. The predicted octanol–water partition coefficient (Wildman–Crippen LogP) is 2.80. The molecular formula is C21H23ClN2O4. The summed E-state index contributed by atoms with van der Waals surface area (Å²) in [6.07, 6.45) is 0. The molecule has 1 aliphatic heterocycles. The number of nitrogens with zero attached hydrogens (tertiary/aromatic N) is 1. The summed E-state index contributed by atoms with van der Waals surface area (Å²) in [6, 6.07) is 15.0. The summed E-state index contributed by atoms with van der Waals surface area (Å²) in [4.78, 5) is 38.6. The van der Waals surface area contributed by atoms with Gasteiger partial charge in [-0.1, -0.05) is 56.3 Å². The minimum Gasteiger partial charge on any atom is -0.460 e. The molecule has 1 atom stereocenters. The van der Waals surface area contributed by atoms with E-state index in [-0.39, 0.29) is 37.4 Å². The molecule has 0 spiro atoms. The molecule has 0 bridgehead atoms. The number of imide groups is 1. The Morgan fingerprint density at radius 3 is 2.04 bits per heavy atom. The Labute approximate surface area is 170 Å². The van der Waals surface area contributed by atoms with Crippen molar-refractivity contribution in [3.05, 3.63) is 71.3 Å². The van der Waals surface area contributed by atoms with Crippen molar-refractivity contribution in [1.82, 2.24) is 4.90 Å².